The number of hydrogen-bond acceptors (Lipinski definition) is 5. The summed E-state index contributed by atoms with van der Waals surface area (Å²) in [5, 5.41) is 18.8. The molecule has 1 heterocycles. The van der Waals surface area contributed by atoms with Crippen LogP contribution in [0.25, 0.3) is 10.8 Å². The minimum Gasteiger partial charge on any atom is -0.508 e. The summed E-state index contributed by atoms with van der Waals surface area (Å²) in [6, 6.07) is 13.5. The molecule has 7 nitrogen and oxygen atoms in total. The van der Waals surface area contributed by atoms with E-state index in [-0.39, 0.29) is 17.0 Å². The number of carbonyl (C=O) groups excluding carboxylic acids is 1. The average molecular weight is 392 g/mol. The van der Waals surface area contributed by atoms with Crippen LogP contribution in [0.4, 0.5) is 0 Å². The van der Waals surface area contributed by atoms with Crippen LogP contribution in [0, 0.1) is 0 Å². The van der Waals surface area contributed by atoms with Crippen LogP contribution >= 0.6 is 0 Å². The molecule has 0 aliphatic carbocycles. The van der Waals surface area contributed by atoms with Crippen molar-refractivity contribution in [3.05, 3.63) is 70.1 Å². The Bertz CT molecular complexity index is 1100. The number of phenolic OH excluding ortho intramolecular Hbond substituents is 1. The Labute approximate surface area is 168 Å². The second-order valence-electron chi connectivity index (χ2n) is 6.81. The molecular weight excluding hydrogens is 368 g/mol. The van der Waals surface area contributed by atoms with Crippen molar-refractivity contribution in [1.29, 1.82) is 0 Å². The molecule has 0 saturated heterocycles. The lowest BCUT2D eigenvalue weighted by atomic mass is 10.1. The number of unbranched alkanes of at least 4 members (excludes halogenated alkanes) is 2. The van der Waals surface area contributed by atoms with Crippen LogP contribution in [0.3, 0.4) is 0 Å². The highest BCUT2D eigenvalue weighted by atomic mass is 16.3. The van der Waals surface area contributed by atoms with Gasteiger partial charge in [-0.3, -0.25) is 9.59 Å². The van der Waals surface area contributed by atoms with E-state index in [1.165, 1.54) is 4.68 Å². The number of aromatic nitrogens is 2. The fourth-order valence-electron chi connectivity index (χ4n) is 3.02. The third-order valence-electron chi connectivity index (χ3n) is 4.67. The van der Waals surface area contributed by atoms with Crippen LogP contribution in [-0.4, -0.2) is 26.5 Å². The van der Waals surface area contributed by atoms with E-state index in [1.807, 2.05) is 0 Å². The Morgan fingerprint density at radius 3 is 2.48 bits per heavy atom. The molecule has 0 spiro atoms. The predicted molar refractivity (Wildman–Crippen MR) is 113 cm³/mol. The number of rotatable bonds is 7. The molecule has 0 fully saturated rings. The number of fused-ring (bicyclic) bond motifs is 1. The Morgan fingerprint density at radius 1 is 1.10 bits per heavy atom. The molecule has 29 heavy (non-hydrogen) atoms. The minimum atomic E-state index is -0.483. The summed E-state index contributed by atoms with van der Waals surface area (Å²) >= 11 is 0. The smallest absolute Gasteiger partial charge is 0.292 e. The lowest BCUT2D eigenvalue weighted by Crippen LogP contribution is -2.29. The molecule has 3 aromatic rings. The summed E-state index contributed by atoms with van der Waals surface area (Å²) in [6.45, 7) is 4.31. The van der Waals surface area contributed by atoms with Gasteiger partial charge in [0.1, 0.15) is 5.75 Å². The van der Waals surface area contributed by atoms with Crippen LogP contribution in [0.15, 0.2) is 58.4 Å². The zero-order chi connectivity index (χ0) is 20.8. The van der Waals surface area contributed by atoms with Crippen molar-refractivity contribution in [1.82, 2.24) is 15.2 Å². The van der Waals surface area contributed by atoms with Gasteiger partial charge in [0, 0.05) is 11.9 Å². The molecule has 0 saturated carbocycles. The van der Waals surface area contributed by atoms with Crippen LogP contribution in [0.1, 0.15) is 49.2 Å². The van der Waals surface area contributed by atoms with Crippen LogP contribution in [0.2, 0.25) is 0 Å². The average Bonchev–Trinajstić information content (AvgIpc) is 2.74. The number of aryl methyl sites for hydroxylation is 1. The molecule has 3 rings (SSSR count). The molecule has 2 aromatic carbocycles. The van der Waals surface area contributed by atoms with E-state index in [1.54, 1.807) is 55.5 Å². The number of hydrogen-bond donors (Lipinski definition) is 2. The number of aromatic hydroxyl groups is 1. The predicted octanol–water partition coefficient (Wildman–Crippen LogP) is 3.45. The fourth-order valence-corrected chi connectivity index (χ4v) is 3.02. The summed E-state index contributed by atoms with van der Waals surface area (Å²) < 4.78 is 1.36. The number of nitrogens with one attached hydrogen (secondary N) is 1. The molecule has 0 bridgehead atoms. The zero-order valence-electron chi connectivity index (χ0n) is 16.6. The summed E-state index contributed by atoms with van der Waals surface area (Å²) in [5.74, 6) is -0.324. The van der Waals surface area contributed by atoms with Crippen LogP contribution < -0.4 is 11.0 Å². The van der Waals surface area contributed by atoms with Crippen LogP contribution in [0.5, 0.6) is 5.75 Å². The van der Waals surface area contributed by atoms with E-state index in [0.29, 0.717) is 23.0 Å². The van der Waals surface area contributed by atoms with Crippen molar-refractivity contribution < 1.29 is 9.90 Å². The van der Waals surface area contributed by atoms with Gasteiger partial charge in [-0.25, -0.2) is 10.1 Å². The van der Waals surface area contributed by atoms with Gasteiger partial charge < -0.3 is 5.11 Å². The summed E-state index contributed by atoms with van der Waals surface area (Å²) in [5.41, 5.74) is 3.85. The van der Waals surface area contributed by atoms with Crippen molar-refractivity contribution in [3.63, 3.8) is 0 Å². The first-order chi connectivity index (χ1) is 14.0. The third kappa shape index (κ3) is 4.68. The van der Waals surface area contributed by atoms with Crippen LogP contribution in [-0.2, 0) is 6.54 Å². The van der Waals surface area contributed by atoms with E-state index in [4.69, 9.17) is 0 Å². The number of amides is 1. The first kappa shape index (κ1) is 20.3. The second kappa shape index (κ2) is 9.14. The number of phenols is 1. The van der Waals surface area contributed by atoms with Gasteiger partial charge in [-0.05, 0) is 49.2 Å². The zero-order valence-corrected chi connectivity index (χ0v) is 16.6. The van der Waals surface area contributed by atoms with Crippen molar-refractivity contribution in [2.75, 3.05) is 0 Å². The van der Waals surface area contributed by atoms with Gasteiger partial charge in [-0.15, -0.1) is 0 Å². The second-order valence-corrected chi connectivity index (χ2v) is 6.81. The van der Waals surface area contributed by atoms with E-state index >= 15 is 0 Å². The maximum atomic E-state index is 12.8. The van der Waals surface area contributed by atoms with Crippen molar-refractivity contribution in [2.24, 2.45) is 5.10 Å². The SMILES string of the molecule is CCCCCn1nc(C(=O)N/N=C(\C)c2ccc(O)cc2)c2ccccc2c1=O. The Kier molecular flexibility index (Phi) is 6.39. The monoisotopic (exact) mass is 392 g/mol. The number of nitrogens with zero attached hydrogens (tertiary/aromatic N) is 3. The van der Waals surface area contributed by atoms with Gasteiger partial charge in [-0.2, -0.15) is 10.2 Å². The fraction of sp³-hybridized carbons (Fsp3) is 0.273. The number of hydrazone groups is 1. The molecule has 1 amide bonds. The molecule has 150 valence electrons. The van der Waals surface area contributed by atoms with E-state index in [0.717, 1.165) is 24.8 Å². The molecule has 2 N–H and O–H groups in total. The topological polar surface area (TPSA) is 96.6 Å². The van der Waals surface area contributed by atoms with Crippen molar-refractivity contribution >= 4 is 22.4 Å². The first-order valence-electron chi connectivity index (χ1n) is 9.65. The minimum absolute atomic E-state index is 0.159. The summed E-state index contributed by atoms with van der Waals surface area (Å²) in [6.07, 6.45) is 2.83. The Morgan fingerprint density at radius 2 is 1.79 bits per heavy atom. The third-order valence-corrected chi connectivity index (χ3v) is 4.67. The van der Waals surface area contributed by atoms with E-state index in [2.05, 4.69) is 22.5 Å². The maximum absolute atomic E-state index is 12.8. The van der Waals surface area contributed by atoms with Crippen molar-refractivity contribution in [3.8, 4) is 5.75 Å². The highest BCUT2D eigenvalue weighted by Crippen LogP contribution is 2.14. The summed E-state index contributed by atoms with van der Waals surface area (Å²) in [7, 11) is 0. The quantitative estimate of drug-likeness (QED) is 0.366. The largest absolute Gasteiger partial charge is 0.508 e. The lowest BCUT2D eigenvalue weighted by molar-refractivity contribution is 0.0949. The molecule has 0 aliphatic heterocycles. The highest BCUT2D eigenvalue weighted by molar-refractivity contribution is 6.06. The van der Waals surface area contributed by atoms with E-state index in [9.17, 15) is 14.7 Å². The molecular formula is C22H24N4O3. The van der Waals surface area contributed by atoms with Gasteiger partial charge in [0.25, 0.3) is 11.5 Å². The summed E-state index contributed by atoms with van der Waals surface area (Å²) in [4.78, 5) is 25.5. The van der Waals surface area contributed by atoms with Gasteiger partial charge in [0.2, 0.25) is 0 Å². The lowest BCUT2D eigenvalue weighted by Gasteiger charge is -2.10. The molecule has 1 aromatic heterocycles. The molecule has 0 radical (unpaired) electrons. The molecule has 0 aliphatic rings. The van der Waals surface area contributed by atoms with Crippen molar-refractivity contribution in [2.45, 2.75) is 39.7 Å². The number of carbonyl (C=O) groups is 1. The highest BCUT2D eigenvalue weighted by Gasteiger charge is 2.16. The maximum Gasteiger partial charge on any atom is 0.292 e. The Balaban J connectivity index is 1.92. The molecule has 0 atom stereocenters. The Hall–Kier alpha value is -3.48. The van der Waals surface area contributed by atoms with Gasteiger partial charge >= 0.3 is 0 Å². The van der Waals surface area contributed by atoms with Gasteiger partial charge in [0.05, 0.1) is 11.1 Å². The van der Waals surface area contributed by atoms with Gasteiger partial charge in [0.15, 0.2) is 5.69 Å². The first-order valence-corrected chi connectivity index (χ1v) is 9.65. The molecule has 0 unspecified atom stereocenters. The molecule has 7 heteroatoms. The van der Waals surface area contributed by atoms with E-state index < -0.39 is 5.91 Å². The normalized spacial score (nSPS) is 11.6. The standard InChI is InChI=1S/C22H24N4O3/c1-3-4-7-14-26-22(29)19-9-6-5-8-18(19)20(25-26)21(28)24-23-15(2)16-10-12-17(27)13-11-16/h5-6,8-13,27H,3-4,7,14H2,1-2H3,(H,24,28)/b23-15+. The van der Waals surface area contributed by atoms with Gasteiger partial charge in [-0.1, -0.05) is 38.0 Å². The number of benzene rings is 2.